The molecule has 0 atom stereocenters. The molecule has 0 aliphatic carbocycles. The lowest BCUT2D eigenvalue weighted by Gasteiger charge is -2.22. The van der Waals surface area contributed by atoms with Crippen LogP contribution in [0.25, 0.3) is 10.2 Å². The van der Waals surface area contributed by atoms with Crippen molar-refractivity contribution in [3.8, 4) is 0 Å². The van der Waals surface area contributed by atoms with Gasteiger partial charge in [-0.1, -0.05) is 0 Å². The van der Waals surface area contributed by atoms with Gasteiger partial charge in [-0.25, -0.2) is 0 Å². The third-order valence-corrected chi connectivity index (χ3v) is 3.20. The van der Waals surface area contributed by atoms with Crippen molar-refractivity contribution in [2.45, 2.75) is 19.4 Å². The molecule has 86 valence electrons. The number of aliphatic hydroxyl groups excluding tert-OH is 1. The summed E-state index contributed by atoms with van der Waals surface area (Å²) in [6.45, 7) is 3.46. The number of nitrogens with one attached hydrogen (secondary N) is 2. The summed E-state index contributed by atoms with van der Waals surface area (Å²) in [7, 11) is 0. The molecule has 1 amide bonds. The zero-order valence-corrected chi connectivity index (χ0v) is 10.0. The van der Waals surface area contributed by atoms with Gasteiger partial charge in [-0.05, 0) is 31.4 Å². The average molecular weight is 238 g/mol. The Balaban J connectivity index is 2.19. The van der Waals surface area contributed by atoms with Gasteiger partial charge >= 0.3 is 0 Å². The molecular weight excluding hydrogens is 224 g/mol. The standard InChI is InChI=1S/C11H14N2O2S/c1-11(2,6-14)13-10(15)8-5-9-7(12-8)3-4-16-9/h3-5,12,14H,6H2,1-2H3,(H,13,15). The molecule has 16 heavy (non-hydrogen) atoms. The van der Waals surface area contributed by atoms with Crippen molar-refractivity contribution in [2.75, 3.05) is 6.61 Å². The van der Waals surface area contributed by atoms with Gasteiger partial charge in [0, 0.05) is 0 Å². The van der Waals surface area contributed by atoms with Crippen molar-refractivity contribution >= 4 is 27.5 Å². The molecule has 2 heterocycles. The Morgan fingerprint density at radius 2 is 2.38 bits per heavy atom. The van der Waals surface area contributed by atoms with Gasteiger partial charge in [-0.2, -0.15) is 0 Å². The molecule has 0 aromatic carbocycles. The Morgan fingerprint density at radius 3 is 3.00 bits per heavy atom. The molecule has 0 bridgehead atoms. The molecule has 0 radical (unpaired) electrons. The molecule has 0 spiro atoms. The van der Waals surface area contributed by atoms with Crippen LogP contribution in [-0.4, -0.2) is 28.1 Å². The fraction of sp³-hybridized carbons (Fsp3) is 0.364. The molecular formula is C11H14N2O2S. The van der Waals surface area contributed by atoms with Gasteiger partial charge in [0.2, 0.25) is 0 Å². The van der Waals surface area contributed by atoms with Crippen LogP contribution in [0.3, 0.4) is 0 Å². The molecule has 3 N–H and O–H groups in total. The zero-order chi connectivity index (χ0) is 11.8. The van der Waals surface area contributed by atoms with E-state index in [9.17, 15) is 4.79 Å². The summed E-state index contributed by atoms with van der Waals surface area (Å²) >= 11 is 1.59. The van der Waals surface area contributed by atoms with Gasteiger partial charge in [-0.3, -0.25) is 4.79 Å². The molecule has 0 fully saturated rings. The van der Waals surface area contributed by atoms with E-state index in [1.165, 1.54) is 0 Å². The zero-order valence-electron chi connectivity index (χ0n) is 9.20. The number of rotatable bonds is 3. The highest BCUT2D eigenvalue weighted by atomic mass is 32.1. The number of fused-ring (bicyclic) bond motifs is 1. The van der Waals surface area contributed by atoms with Crippen molar-refractivity contribution in [1.29, 1.82) is 0 Å². The number of aliphatic hydroxyl groups is 1. The van der Waals surface area contributed by atoms with Crippen LogP contribution in [0.2, 0.25) is 0 Å². The van der Waals surface area contributed by atoms with Gasteiger partial charge < -0.3 is 15.4 Å². The summed E-state index contributed by atoms with van der Waals surface area (Å²) in [5, 5.41) is 13.8. The van der Waals surface area contributed by atoms with Crippen LogP contribution < -0.4 is 5.32 Å². The third-order valence-electron chi connectivity index (χ3n) is 2.33. The van der Waals surface area contributed by atoms with E-state index in [0.717, 1.165) is 10.2 Å². The molecule has 5 heteroatoms. The molecule has 4 nitrogen and oxygen atoms in total. The minimum Gasteiger partial charge on any atom is -0.394 e. The van der Waals surface area contributed by atoms with Crippen LogP contribution >= 0.6 is 11.3 Å². The molecule has 0 saturated heterocycles. The number of hydrogen-bond acceptors (Lipinski definition) is 3. The molecule has 0 aliphatic heterocycles. The first-order valence-electron chi connectivity index (χ1n) is 5.01. The number of aromatic nitrogens is 1. The van der Waals surface area contributed by atoms with E-state index in [0.29, 0.717) is 5.69 Å². The van der Waals surface area contributed by atoms with Crippen LogP contribution in [0, 0.1) is 0 Å². The Kier molecular flexibility index (Phi) is 2.73. The second kappa shape index (κ2) is 3.92. The van der Waals surface area contributed by atoms with Crippen molar-refractivity contribution in [3.63, 3.8) is 0 Å². The molecule has 0 aliphatic rings. The topological polar surface area (TPSA) is 65.1 Å². The maximum Gasteiger partial charge on any atom is 0.268 e. The van der Waals surface area contributed by atoms with E-state index in [-0.39, 0.29) is 12.5 Å². The number of thiophene rings is 1. The summed E-state index contributed by atoms with van der Waals surface area (Å²) in [5.74, 6) is -0.192. The van der Waals surface area contributed by atoms with E-state index >= 15 is 0 Å². The first kappa shape index (κ1) is 11.2. The van der Waals surface area contributed by atoms with Crippen LogP contribution in [0.5, 0.6) is 0 Å². The number of carbonyl (C=O) groups is 1. The Bertz CT molecular complexity index is 484. The van der Waals surface area contributed by atoms with Gasteiger partial charge in [0.1, 0.15) is 5.69 Å². The monoisotopic (exact) mass is 238 g/mol. The molecule has 0 saturated carbocycles. The van der Waals surface area contributed by atoms with Crippen LogP contribution in [0.15, 0.2) is 17.5 Å². The predicted octanol–water partition coefficient (Wildman–Crippen LogP) is 1.73. The summed E-state index contributed by atoms with van der Waals surface area (Å²) in [5.41, 5.74) is 0.899. The minimum atomic E-state index is -0.602. The summed E-state index contributed by atoms with van der Waals surface area (Å²) in [6, 6.07) is 3.76. The van der Waals surface area contributed by atoms with E-state index in [1.54, 1.807) is 25.2 Å². The van der Waals surface area contributed by atoms with Crippen molar-refractivity contribution in [1.82, 2.24) is 10.3 Å². The minimum absolute atomic E-state index is 0.0895. The highest BCUT2D eigenvalue weighted by Crippen LogP contribution is 2.21. The summed E-state index contributed by atoms with van der Waals surface area (Å²) in [6.07, 6.45) is 0. The van der Waals surface area contributed by atoms with Gasteiger partial charge in [0.25, 0.3) is 5.91 Å². The average Bonchev–Trinajstić information content (AvgIpc) is 2.75. The van der Waals surface area contributed by atoms with Crippen LogP contribution in [-0.2, 0) is 0 Å². The second-order valence-electron chi connectivity index (χ2n) is 4.38. The van der Waals surface area contributed by atoms with Crippen LogP contribution in [0.4, 0.5) is 0 Å². The smallest absolute Gasteiger partial charge is 0.268 e. The van der Waals surface area contributed by atoms with E-state index in [2.05, 4.69) is 10.3 Å². The fourth-order valence-electron chi connectivity index (χ4n) is 1.38. The molecule has 2 aromatic heterocycles. The summed E-state index contributed by atoms with van der Waals surface area (Å²) in [4.78, 5) is 14.9. The molecule has 0 unspecified atom stereocenters. The lowest BCUT2D eigenvalue weighted by atomic mass is 10.1. The van der Waals surface area contributed by atoms with E-state index in [1.807, 2.05) is 17.5 Å². The predicted molar refractivity (Wildman–Crippen MR) is 64.8 cm³/mol. The second-order valence-corrected chi connectivity index (χ2v) is 5.33. The third kappa shape index (κ3) is 2.10. The van der Waals surface area contributed by atoms with Crippen molar-refractivity contribution in [2.24, 2.45) is 0 Å². The van der Waals surface area contributed by atoms with Gasteiger partial charge in [0.15, 0.2) is 0 Å². The van der Waals surface area contributed by atoms with E-state index < -0.39 is 5.54 Å². The Labute approximate surface area is 97.3 Å². The maximum absolute atomic E-state index is 11.8. The van der Waals surface area contributed by atoms with Crippen LogP contribution in [0.1, 0.15) is 24.3 Å². The maximum atomic E-state index is 11.8. The highest BCUT2D eigenvalue weighted by molar-refractivity contribution is 7.17. The Morgan fingerprint density at radius 1 is 1.62 bits per heavy atom. The highest BCUT2D eigenvalue weighted by Gasteiger charge is 2.21. The SMILES string of the molecule is CC(C)(CO)NC(=O)c1cc2sccc2[nH]1. The number of aromatic amines is 1. The number of hydrogen-bond donors (Lipinski definition) is 3. The van der Waals surface area contributed by atoms with Gasteiger partial charge in [0.05, 0.1) is 22.4 Å². The lowest BCUT2D eigenvalue weighted by molar-refractivity contribution is 0.0865. The van der Waals surface area contributed by atoms with Crippen molar-refractivity contribution in [3.05, 3.63) is 23.2 Å². The fourth-order valence-corrected chi connectivity index (χ4v) is 2.17. The molecule has 2 aromatic rings. The first-order chi connectivity index (χ1) is 7.52. The number of carbonyl (C=O) groups excluding carboxylic acids is 1. The normalized spacial score (nSPS) is 11.9. The first-order valence-corrected chi connectivity index (χ1v) is 5.89. The molecule has 2 rings (SSSR count). The quantitative estimate of drug-likeness (QED) is 0.762. The van der Waals surface area contributed by atoms with E-state index in [4.69, 9.17) is 5.11 Å². The van der Waals surface area contributed by atoms with Crippen molar-refractivity contribution < 1.29 is 9.90 Å². The lowest BCUT2D eigenvalue weighted by Crippen LogP contribution is -2.46. The number of H-pyrrole nitrogens is 1. The van der Waals surface area contributed by atoms with Gasteiger partial charge in [-0.15, -0.1) is 11.3 Å². The largest absolute Gasteiger partial charge is 0.394 e. The number of amides is 1. The Hall–Kier alpha value is -1.33. The summed E-state index contributed by atoms with van der Waals surface area (Å²) < 4.78 is 1.06.